The monoisotopic (exact) mass is 488 g/mol. The number of carbonyl (C=O) groups excluding carboxylic acids is 1. The fraction of sp³-hybridized carbons (Fsp3) is 0.360. The van der Waals surface area contributed by atoms with Gasteiger partial charge in [-0.25, -0.2) is 9.97 Å². The van der Waals surface area contributed by atoms with Crippen molar-refractivity contribution in [3.05, 3.63) is 70.7 Å². The summed E-state index contributed by atoms with van der Waals surface area (Å²) in [6, 6.07) is 8.55. The third-order valence-electron chi connectivity index (χ3n) is 5.92. The fourth-order valence-corrected chi connectivity index (χ4v) is 4.25. The molecular formula is C25H28N8O3. The van der Waals surface area contributed by atoms with E-state index in [1.165, 1.54) is 17.2 Å². The highest BCUT2D eigenvalue weighted by Crippen LogP contribution is 2.27. The number of carbonyl (C=O) groups is 1. The Morgan fingerprint density at radius 2 is 1.89 bits per heavy atom. The van der Waals surface area contributed by atoms with Crippen LogP contribution in [0.4, 0.5) is 0 Å². The lowest BCUT2D eigenvalue weighted by Crippen LogP contribution is -2.44. The maximum Gasteiger partial charge on any atom is 0.267 e. The molecule has 1 saturated heterocycles. The van der Waals surface area contributed by atoms with E-state index in [1.807, 2.05) is 13.8 Å². The van der Waals surface area contributed by atoms with E-state index in [0.717, 1.165) is 26.2 Å². The van der Waals surface area contributed by atoms with Crippen LogP contribution in [0.5, 0.6) is 5.75 Å². The largest absolute Gasteiger partial charge is 0.489 e. The molecule has 11 nitrogen and oxygen atoms in total. The molecule has 1 aliphatic rings. The predicted octanol–water partition coefficient (Wildman–Crippen LogP) is 1.45. The summed E-state index contributed by atoms with van der Waals surface area (Å²) in [7, 11) is 0. The van der Waals surface area contributed by atoms with Crippen LogP contribution in [0.2, 0.25) is 0 Å². The molecular weight excluding hydrogens is 460 g/mol. The van der Waals surface area contributed by atoms with Crippen LogP contribution in [0.1, 0.15) is 30.0 Å². The molecule has 11 heteroatoms. The molecule has 1 fully saturated rings. The Morgan fingerprint density at radius 1 is 1.11 bits per heavy atom. The van der Waals surface area contributed by atoms with Gasteiger partial charge in [0, 0.05) is 37.9 Å². The van der Waals surface area contributed by atoms with Gasteiger partial charge in [-0.2, -0.15) is 15.0 Å². The molecule has 186 valence electrons. The van der Waals surface area contributed by atoms with Gasteiger partial charge in [0.2, 0.25) is 0 Å². The summed E-state index contributed by atoms with van der Waals surface area (Å²) in [6.45, 7) is 7.67. The zero-order valence-corrected chi connectivity index (χ0v) is 20.3. The van der Waals surface area contributed by atoms with Crippen LogP contribution >= 0.6 is 0 Å². The number of ether oxygens (including phenoxy) is 1. The maximum atomic E-state index is 13.9. The van der Waals surface area contributed by atoms with Crippen molar-refractivity contribution in [1.29, 1.82) is 0 Å². The summed E-state index contributed by atoms with van der Waals surface area (Å²) < 4.78 is 7.65. The topological polar surface area (TPSA) is 120 Å². The van der Waals surface area contributed by atoms with E-state index in [2.05, 4.69) is 25.4 Å². The molecule has 4 heterocycles. The second kappa shape index (κ2) is 10.3. The van der Waals surface area contributed by atoms with E-state index in [-0.39, 0.29) is 24.0 Å². The molecule has 36 heavy (non-hydrogen) atoms. The molecule has 0 spiro atoms. The number of ketones is 1. The van der Waals surface area contributed by atoms with Gasteiger partial charge in [-0.05, 0) is 44.2 Å². The standard InChI is InChI=1S/C25H28N8O3/c1-17(2)36-22-6-5-18(21(34)15-32-28-8-9-29-32)14-20(22)33-23(16-31-12-10-26-11-13-31)30-24-19(25(33)35)4-3-7-27-24/h3-9,14,17,26H,10-13,15-16H2,1-2H3. The van der Waals surface area contributed by atoms with Gasteiger partial charge in [0.25, 0.3) is 5.56 Å². The highest BCUT2D eigenvalue weighted by molar-refractivity contribution is 5.96. The number of fused-ring (bicyclic) bond motifs is 1. The van der Waals surface area contributed by atoms with Gasteiger partial charge >= 0.3 is 0 Å². The number of piperazine rings is 1. The Balaban J connectivity index is 1.66. The highest BCUT2D eigenvalue weighted by Gasteiger charge is 2.22. The van der Waals surface area contributed by atoms with Gasteiger partial charge < -0.3 is 10.1 Å². The van der Waals surface area contributed by atoms with E-state index in [4.69, 9.17) is 9.72 Å². The number of Topliss-reactive ketones (excluding diaryl/α,β-unsaturated/α-hetero) is 1. The van der Waals surface area contributed by atoms with Gasteiger partial charge in [0.1, 0.15) is 18.1 Å². The number of aromatic nitrogens is 6. The number of nitrogens with one attached hydrogen (secondary N) is 1. The fourth-order valence-electron chi connectivity index (χ4n) is 4.25. The van der Waals surface area contributed by atoms with Gasteiger partial charge in [-0.1, -0.05) is 0 Å². The van der Waals surface area contributed by atoms with Crippen LogP contribution in [0.3, 0.4) is 0 Å². The van der Waals surface area contributed by atoms with E-state index in [1.54, 1.807) is 41.1 Å². The van der Waals surface area contributed by atoms with E-state index in [9.17, 15) is 9.59 Å². The summed E-state index contributed by atoms with van der Waals surface area (Å²) in [5.41, 5.74) is 1.03. The summed E-state index contributed by atoms with van der Waals surface area (Å²) in [5, 5.41) is 11.8. The zero-order valence-electron chi connectivity index (χ0n) is 20.3. The maximum absolute atomic E-state index is 13.9. The third-order valence-corrected chi connectivity index (χ3v) is 5.92. The molecule has 1 aliphatic heterocycles. The number of rotatable bonds is 8. The first kappa shape index (κ1) is 23.8. The second-order valence-corrected chi connectivity index (χ2v) is 8.90. The van der Waals surface area contributed by atoms with Crippen LogP contribution in [-0.4, -0.2) is 72.5 Å². The molecule has 0 saturated carbocycles. The van der Waals surface area contributed by atoms with Crippen molar-refractivity contribution < 1.29 is 9.53 Å². The summed E-state index contributed by atoms with van der Waals surface area (Å²) >= 11 is 0. The molecule has 4 aromatic rings. The minimum Gasteiger partial charge on any atom is -0.489 e. The lowest BCUT2D eigenvalue weighted by Gasteiger charge is -2.28. The first-order chi connectivity index (χ1) is 17.5. The smallest absolute Gasteiger partial charge is 0.267 e. The van der Waals surface area contributed by atoms with E-state index < -0.39 is 0 Å². The Kier molecular flexibility index (Phi) is 6.83. The Morgan fingerprint density at radius 3 is 2.64 bits per heavy atom. The normalized spacial score (nSPS) is 14.4. The van der Waals surface area contributed by atoms with Gasteiger partial charge in [-0.3, -0.25) is 19.1 Å². The van der Waals surface area contributed by atoms with Crippen molar-refractivity contribution in [3.63, 3.8) is 0 Å². The van der Waals surface area contributed by atoms with Gasteiger partial charge in [-0.15, -0.1) is 0 Å². The highest BCUT2D eigenvalue weighted by atomic mass is 16.5. The summed E-state index contributed by atoms with van der Waals surface area (Å²) in [6.07, 6.45) is 4.54. The van der Waals surface area contributed by atoms with Crippen LogP contribution in [0, 0.1) is 0 Å². The SMILES string of the molecule is CC(C)Oc1ccc(C(=O)Cn2nccn2)cc1-n1c(CN2CCNCC2)nc2ncccc2c1=O. The molecule has 0 atom stereocenters. The second-order valence-electron chi connectivity index (χ2n) is 8.90. The average Bonchev–Trinajstić information content (AvgIpc) is 3.38. The third kappa shape index (κ3) is 5.02. The molecule has 5 rings (SSSR count). The molecule has 0 amide bonds. The van der Waals surface area contributed by atoms with Crippen molar-refractivity contribution in [2.75, 3.05) is 26.2 Å². The van der Waals surface area contributed by atoms with E-state index >= 15 is 0 Å². The van der Waals surface area contributed by atoms with Crippen LogP contribution in [0.15, 0.2) is 53.7 Å². The van der Waals surface area contributed by atoms with Crippen LogP contribution in [-0.2, 0) is 13.1 Å². The van der Waals surface area contributed by atoms with Crippen molar-refractivity contribution >= 4 is 16.8 Å². The van der Waals surface area contributed by atoms with Gasteiger partial charge in [0.05, 0.1) is 36.1 Å². The minimum atomic E-state index is -0.259. The van der Waals surface area contributed by atoms with Crippen molar-refractivity contribution in [2.24, 2.45) is 0 Å². The Bertz CT molecular complexity index is 1430. The predicted molar refractivity (Wildman–Crippen MR) is 133 cm³/mol. The number of pyridine rings is 1. The molecule has 1 N–H and O–H groups in total. The number of hydrogen-bond donors (Lipinski definition) is 1. The van der Waals surface area contributed by atoms with E-state index in [0.29, 0.717) is 40.4 Å². The van der Waals surface area contributed by atoms with Gasteiger partial charge in [0.15, 0.2) is 11.4 Å². The first-order valence-electron chi connectivity index (χ1n) is 12.0. The molecule has 0 radical (unpaired) electrons. The van der Waals surface area contributed by atoms with Crippen molar-refractivity contribution in [3.8, 4) is 11.4 Å². The zero-order chi connectivity index (χ0) is 25.1. The van der Waals surface area contributed by atoms with Crippen LogP contribution in [0.25, 0.3) is 16.7 Å². The number of hydrogen-bond acceptors (Lipinski definition) is 9. The molecule has 0 aliphatic carbocycles. The lowest BCUT2D eigenvalue weighted by molar-refractivity contribution is 0.0962. The molecule has 3 aromatic heterocycles. The first-order valence-corrected chi connectivity index (χ1v) is 12.0. The Labute approximate surface area is 207 Å². The number of nitrogens with zero attached hydrogens (tertiary/aromatic N) is 7. The van der Waals surface area contributed by atoms with Crippen molar-refractivity contribution in [1.82, 2.24) is 39.7 Å². The molecule has 0 bridgehead atoms. The molecule has 0 unspecified atom stereocenters. The van der Waals surface area contributed by atoms with Crippen molar-refractivity contribution in [2.45, 2.75) is 33.0 Å². The average molecular weight is 489 g/mol. The minimum absolute atomic E-state index is 0.0146. The van der Waals surface area contributed by atoms with Crippen LogP contribution < -0.4 is 15.6 Å². The lowest BCUT2D eigenvalue weighted by atomic mass is 10.1. The Hall–Kier alpha value is -3.96. The summed E-state index contributed by atoms with van der Waals surface area (Å²) in [5.74, 6) is 0.850. The number of benzene rings is 1. The quantitative estimate of drug-likeness (QED) is 0.367. The summed E-state index contributed by atoms with van der Waals surface area (Å²) in [4.78, 5) is 39.6. The molecule has 1 aromatic carbocycles.